The summed E-state index contributed by atoms with van der Waals surface area (Å²) in [7, 11) is 0. The quantitative estimate of drug-likeness (QED) is 0.596. The van der Waals surface area contributed by atoms with E-state index in [1.54, 1.807) is 0 Å². The molecule has 4 heteroatoms. The molecule has 144 valence electrons. The Kier molecular flexibility index (Phi) is 5.95. The highest BCUT2D eigenvalue weighted by Gasteiger charge is 2.35. The average molecular weight is 367 g/mol. The Balaban J connectivity index is 1.51. The first-order valence-corrected chi connectivity index (χ1v) is 10.2. The Hall–Kier alpha value is -2.04. The molecule has 0 N–H and O–H groups in total. The van der Waals surface area contributed by atoms with Crippen molar-refractivity contribution in [1.82, 2.24) is 0 Å². The highest BCUT2D eigenvalue weighted by Crippen LogP contribution is 2.45. The number of hydrogen-bond donors (Lipinski definition) is 0. The Bertz CT molecular complexity index is 722. The lowest BCUT2D eigenvalue weighted by Gasteiger charge is -2.38. The van der Waals surface area contributed by atoms with E-state index in [1.807, 2.05) is 30.3 Å². The van der Waals surface area contributed by atoms with Crippen LogP contribution in [-0.4, -0.2) is 19.7 Å². The van der Waals surface area contributed by atoms with Gasteiger partial charge >= 0.3 is 0 Å². The number of nitrogens with zero attached hydrogens (tertiary/aromatic N) is 1. The maximum atomic E-state index is 6.08. The monoisotopic (exact) mass is 367 g/mol. The van der Waals surface area contributed by atoms with Crippen molar-refractivity contribution in [2.75, 3.05) is 24.6 Å². The third kappa shape index (κ3) is 4.28. The summed E-state index contributed by atoms with van der Waals surface area (Å²) in [5.74, 6) is 0.876. The molecule has 0 amide bonds. The molecule has 2 aromatic carbocycles. The molecule has 27 heavy (non-hydrogen) atoms. The summed E-state index contributed by atoms with van der Waals surface area (Å²) in [6, 6.07) is 16.5. The van der Waals surface area contributed by atoms with E-state index in [0.717, 1.165) is 49.4 Å². The highest BCUT2D eigenvalue weighted by molar-refractivity contribution is 5.54. The molecule has 2 aromatic rings. The molecule has 0 unspecified atom stereocenters. The van der Waals surface area contributed by atoms with E-state index in [-0.39, 0.29) is 12.6 Å². The van der Waals surface area contributed by atoms with E-state index in [4.69, 9.17) is 14.2 Å². The summed E-state index contributed by atoms with van der Waals surface area (Å²) in [6.07, 6.45) is 5.36. The van der Waals surface area contributed by atoms with Crippen LogP contribution in [0, 0.1) is 0 Å². The van der Waals surface area contributed by atoms with E-state index in [1.165, 1.54) is 24.9 Å². The van der Waals surface area contributed by atoms with E-state index in [2.05, 4.69) is 30.0 Å². The molecule has 0 atom stereocenters. The normalized spacial score (nSPS) is 22.3. The van der Waals surface area contributed by atoms with Crippen molar-refractivity contribution in [2.45, 2.75) is 51.6 Å². The van der Waals surface area contributed by atoms with Gasteiger partial charge in [-0.25, -0.2) is 0 Å². The van der Waals surface area contributed by atoms with Gasteiger partial charge in [0.2, 0.25) is 0 Å². The summed E-state index contributed by atoms with van der Waals surface area (Å²) in [5.41, 5.74) is 3.29. The zero-order valence-electron chi connectivity index (χ0n) is 16.1. The molecule has 0 aromatic heterocycles. The molecule has 0 bridgehead atoms. The Labute approximate surface area is 162 Å². The van der Waals surface area contributed by atoms with Crippen molar-refractivity contribution in [2.24, 2.45) is 0 Å². The van der Waals surface area contributed by atoms with Crippen LogP contribution < -0.4 is 9.64 Å². The molecule has 2 heterocycles. The van der Waals surface area contributed by atoms with E-state index < -0.39 is 0 Å². The van der Waals surface area contributed by atoms with Crippen molar-refractivity contribution in [1.29, 1.82) is 0 Å². The van der Waals surface area contributed by atoms with Crippen LogP contribution in [0.25, 0.3) is 0 Å². The largest absolute Gasteiger partial charge is 0.493 e. The first kappa shape index (κ1) is 18.3. The van der Waals surface area contributed by atoms with Crippen LogP contribution >= 0.6 is 0 Å². The van der Waals surface area contributed by atoms with Gasteiger partial charge in [-0.1, -0.05) is 43.7 Å². The maximum absolute atomic E-state index is 6.08. The lowest BCUT2D eigenvalue weighted by atomic mass is 10.1. The fourth-order valence-electron chi connectivity index (χ4n) is 3.68. The third-order valence-corrected chi connectivity index (χ3v) is 5.29. The smallest absolute Gasteiger partial charge is 0.194 e. The first-order chi connectivity index (χ1) is 13.3. The lowest BCUT2D eigenvalue weighted by Crippen LogP contribution is -2.30. The fourth-order valence-corrected chi connectivity index (χ4v) is 3.68. The van der Waals surface area contributed by atoms with Crippen LogP contribution in [0.1, 0.15) is 62.7 Å². The Morgan fingerprint density at radius 3 is 2.48 bits per heavy atom. The SMILES string of the molecule is CCCCOc1ccc(N2CCCCC2)cc1C1OC(c2ccccc2)O1. The minimum atomic E-state index is -0.364. The zero-order chi connectivity index (χ0) is 18.5. The van der Waals surface area contributed by atoms with E-state index in [0.29, 0.717) is 0 Å². The van der Waals surface area contributed by atoms with Crippen LogP contribution in [0.4, 0.5) is 5.69 Å². The first-order valence-electron chi connectivity index (χ1n) is 10.2. The standard InChI is InChI=1S/C23H29NO3/c1-2-3-16-25-21-13-12-19(24-14-8-5-9-15-24)17-20(21)23-26-22(27-23)18-10-6-4-7-11-18/h4,6-7,10-13,17,22-23H,2-3,5,8-9,14-16H2,1H3. The number of unbranched alkanes of at least 4 members (excludes halogenated alkanes) is 1. The van der Waals surface area contributed by atoms with Gasteiger partial charge in [0.1, 0.15) is 5.75 Å². The van der Waals surface area contributed by atoms with Gasteiger partial charge in [-0.2, -0.15) is 0 Å². The lowest BCUT2D eigenvalue weighted by molar-refractivity contribution is -0.397. The summed E-state index contributed by atoms with van der Waals surface area (Å²) in [4.78, 5) is 2.45. The summed E-state index contributed by atoms with van der Waals surface area (Å²) < 4.78 is 18.2. The van der Waals surface area contributed by atoms with E-state index in [9.17, 15) is 0 Å². The molecule has 4 nitrogen and oxygen atoms in total. The second kappa shape index (κ2) is 8.77. The molecule has 0 spiro atoms. The summed E-state index contributed by atoms with van der Waals surface area (Å²) >= 11 is 0. The molecule has 0 radical (unpaired) electrons. The third-order valence-electron chi connectivity index (χ3n) is 5.29. The second-order valence-electron chi connectivity index (χ2n) is 7.32. The van der Waals surface area contributed by atoms with Crippen molar-refractivity contribution in [3.8, 4) is 5.75 Å². The van der Waals surface area contributed by atoms with Crippen molar-refractivity contribution in [3.63, 3.8) is 0 Å². The van der Waals surface area contributed by atoms with Crippen molar-refractivity contribution >= 4 is 5.69 Å². The molecule has 0 aliphatic carbocycles. The Morgan fingerprint density at radius 2 is 1.74 bits per heavy atom. The minimum Gasteiger partial charge on any atom is -0.493 e. The maximum Gasteiger partial charge on any atom is 0.194 e. The minimum absolute atomic E-state index is 0.293. The van der Waals surface area contributed by atoms with Gasteiger partial charge in [-0.3, -0.25) is 0 Å². The molecule has 2 aliphatic heterocycles. The topological polar surface area (TPSA) is 30.9 Å². The molecule has 2 saturated heterocycles. The number of piperidine rings is 1. The van der Waals surface area contributed by atoms with Gasteiger partial charge in [0.25, 0.3) is 0 Å². The molecule has 0 saturated carbocycles. The predicted octanol–water partition coefficient (Wildman–Crippen LogP) is 5.60. The molecular formula is C23H29NO3. The van der Waals surface area contributed by atoms with Gasteiger partial charge < -0.3 is 19.1 Å². The predicted molar refractivity (Wildman–Crippen MR) is 107 cm³/mol. The van der Waals surface area contributed by atoms with Crippen molar-refractivity contribution in [3.05, 3.63) is 59.7 Å². The number of ether oxygens (including phenoxy) is 3. The molecule has 4 rings (SSSR count). The average Bonchev–Trinajstić information content (AvgIpc) is 2.69. The number of benzene rings is 2. The van der Waals surface area contributed by atoms with Crippen LogP contribution in [0.5, 0.6) is 5.75 Å². The molecule has 2 aliphatic rings. The van der Waals surface area contributed by atoms with Crippen LogP contribution in [0.15, 0.2) is 48.5 Å². The molecule has 2 fully saturated rings. The van der Waals surface area contributed by atoms with Crippen molar-refractivity contribution < 1.29 is 14.2 Å². The zero-order valence-corrected chi connectivity index (χ0v) is 16.1. The molecular weight excluding hydrogens is 338 g/mol. The van der Waals surface area contributed by atoms with Crippen LogP contribution in [-0.2, 0) is 9.47 Å². The van der Waals surface area contributed by atoms with Gasteiger partial charge in [0, 0.05) is 24.3 Å². The Morgan fingerprint density at radius 1 is 0.963 bits per heavy atom. The second-order valence-corrected chi connectivity index (χ2v) is 7.32. The van der Waals surface area contributed by atoms with Gasteiger partial charge in [0.05, 0.1) is 12.2 Å². The summed E-state index contributed by atoms with van der Waals surface area (Å²) in [5, 5.41) is 0. The summed E-state index contributed by atoms with van der Waals surface area (Å²) in [6.45, 7) is 5.14. The fraction of sp³-hybridized carbons (Fsp3) is 0.478. The van der Waals surface area contributed by atoms with Gasteiger partial charge in [-0.05, 0) is 43.9 Å². The van der Waals surface area contributed by atoms with Gasteiger partial charge in [0.15, 0.2) is 12.6 Å². The van der Waals surface area contributed by atoms with Gasteiger partial charge in [-0.15, -0.1) is 0 Å². The van der Waals surface area contributed by atoms with Crippen LogP contribution in [0.2, 0.25) is 0 Å². The highest BCUT2D eigenvalue weighted by atomic mass is 16.9. The van der Waals surface area contributed by atoms with E-state index >= 15 is 0 Å². The number of anilines is 1. The number of hydrogen-bond acceptors (Lipinski definition) is 4. The van der Waals surface area contributed by atoms with Crippen LogP contribution in [0.3, 0.4) is 0 Å². The number of rotatable bonds is 7.